The van der Waals surface area contributed by atoms with Crippen molar-refractivity contribution in [3.8, 4) is 16.9 Å². The first kappa shape index (κ1) is 13.8. The number of aromatic amines is 1. The lowest BCUT2D eigenvalue weighted by Gasteiger charge is -2.12. The molecule has 1 heterocycles. The van der Waals surface area contributed by atoms with Crippen LogP contribution in [0.5, 0.6) is 0 Å². The Morgan fingerprint density at radius 2 is 1.52 bits per heavy atom. The monoisotopic (exact) mass is 294 g/mol. The number of aromatic nitrogens is 2. The first-order valence-corrected chi connectivity index (χ1v) is 7.43. The minimum absolute atomic E-state index is 0.795. The predicted molar refractivity (Wildman–Crippen MR) is 90.6 cm³/mol. The standard InChI is InChI=1S/C18H18N2S/c1-12-9-13(2)18(14(3)10-12)20-17(21)11-16(19-20)15-7-5-4-6-8-15/h4-11,19H,1-3H3. The maximum atomic E-state index is 5.54. The SMILES string of the molecule is Cc1cc(C)c(-n2[nH]c(-c3ccccc3)cc2=S)c(C)c1. The molecule has 3 heteroatoms. The summed E-state index contributed by atoms with van der Waals surface area (Å²) >= 11 is 5.54. The average Bonchev–Trinajstić information content (AvgIpc) is 2.81. The van der Waals surface area contributed by atoms with Gasteiger partial charge in [-0.3, -0.25) is 5.10 Å². The van der Waals surface area contributed by atoms with E-state index in [0.29, 0.717) is 0 Å². The van der Waals surface area contributed by atoms with Gasteiger partial charge in [-0.15, -0.1) is 0 Å². The molecule has 0 fully saturated rings. The summed E-state index contributed by atoms with van der Waals surface area (Å²) in [5, 5.41) is 3.43. The number of H-pyrrole nitrogens is 1. The van der Waals surface area contributed by atoms with Crippen LogP contribution in [0, 0.1) is 25.4 Å². The van der Waals surface area contributed by atoms with Gasteiger partial charge in [-0.1, -0.05) is 60.2 Å². The number of hydrogen-bond donors (Lipinski definition) is 1. The van der Waals surface area contributed by atoms with E-state index in [-0.39, 0.29) is 0 Å². The van der Waals surface area contributed by atoms with Gasteiger partial charge in [0, 0.05) is 6.07 Å². The fourth-order valence-electron chi connectivity index (χ4n) is 2.85. The molecule has 106 valence electrons. The number of rotatable bonds is 2. The number of nitrogens with one attached hydrogen (secondary N) is 1. The zero-order valence-corrected chi connectivity index (χ0v) is 13.3. The molecule has 0 amide bonds. The first-order valence-electron chi connectivity index (χ1n) is 7.02. The van der Waals surface area contributed by atoms with Crippen molar-refractivity contribution in [2.75, 3.05) is 0 Å². The molecule has 21 heavy (non-hydrogen) atoms. The second kappa shape index (κ2) is 5.34. The molecule has 0 saturated heterocycles. The minimum atomic E-state index is 0.795. The van der Waals surface area contributed by atoms with Gasteiger partial charge in [0.15, 0.2) is 0 Å². The fraction of sp³-hybridized carbons (Fsp3) is 0.167. The summed E-state index contributed by atoms with van der Waals surface area (Å²) < 4.78 is 2.80. The molecule has 1 aromatic heterocycles. The molecule has 0 spiro atoms. The van der Waals surface area contributed by atoms with E-state index in [2.05, 4.69) is 50.1 Å². The van der Waals surface area contributed by atoms with Crippen molar-refractivity contribution in [3.05, 3.63) is 69.9 Å². The van der Waals surface area contributed by atoms with Crippen LogP contribution in [0.1, 0.15) is 16.7 Å². The van der Waals surface area contributed by atoms with E-state index in [1.807, 2.05) is 28.9 Å². The fourth-order valence-corrected chi connectivity index (χ4v) is 3.11. The van der Waals surface area contributed by atoms with Gasteiger partial charge in [0.25, 0.3) is 0 Å². The first-order chi connectivity index (χ1) is 10.1. The Balaban J connectivity index is 2.18. The Bertz CT molecular complexity index is 818. The molecule has 3 rings (SSSR count). The van der Waals surface area contributed by atoms with Crippen LogP contribution >= 0.6 is 12.2 Å². The molecule has 0 aliphatic carbocycles. The van der Waals surface area contributed by atoms with E-state index in [1.165, 1.54) is 16.7 Å². The van der Waals surface area contributed by atoms with Crippen molar-refractivity contribution < 1.29 is 0 Å². The van der Waals surface area contributed by atoms with Gasteiger partial charge in [-0.05, 0) is 37.5 Å². The molecular weight excluding hydrogens is 276 g/mol. The Kier molecular flexibility index (Phi) is 3.52. The quantitative estimate of drug-likeness (QED) is 0.650. The Labute approximate surface area is 130 Å². The molecule has 0 aliphatic rings. The topological polar surface area (TPSA) is 20.7 Å². The van der Waals surface area contributed by atoms with E-state index in [0.717, 1.165) is 21.6 Å². The van der Waals surface area contributed by atoms with Crippen LogP contribution in [-0.2, 0) is 0 Å². The molecule has 0 bridgehead atoms. The van der Waals surface area contributed by atoms with E-state index >= 15 is 0 Å². The van der Waals surface area contributed by atoms with Gasteiger partial charge in [0.2, 0.25) is 0 Å². The third-order valence-electron chi connectivity index (χ3n) is 3.66. The van der Waals surface area contributed by atoms with Crippen molar-refractivity contribution in [1.29, 1.82) is 0 Å². The van der Waals surface area contributed by atoms with Crippen LogP contribution in [0.15, 0.2) is 48.5 Å². The zero-order valence-electron chi connectivity index (χ0n) is 12.5. The Morgan fingerprint density at radius 1 is 0.905 bits per heavy atom. The van der Waals surface area contributed by atoms with Crippen LogP contribution in [0.4, 0.5) is 0 Å². The van der Waals surface area contributed by atoms with Crippen LogP contribution in [0.25, 0.3) is 16.9 Å². The molecular formula is C18H18N2S. The minimum Gasteiger partial charge on any atom is -0.292 e. The summed E-state index contributed by atoms with van der Waals surface area (Å²) in [5.74, 6) is 0. The Morgan fingerprint density at radius 3 is 2.14 bits per heavy atom. The molecule has 0 atom stereocenters. The van der Waals surface area contributed by atoms with Crippen LogP contribution in [-0.4, -0.2) is 9.78 Å². The summed E-state index contributed by atoms with van der Waals surface area (Å²) in [7, 11) is 0. The normalized spacial score (nSPS) is 10.8. The number of hydrogen-bond acceptors (Lipinski definition) is 1. The van der Waals surface area contributed by atoms with Gasteiger partial charge < -0.3 is 0 Å². The van der Waals surface area contributed by atoms with Crippen LogP contribution < -0.4 is 0 Å². The van der Waals surface area contributed by atoms with Crippen molar-refractivity contribution in [3.63, 3.8) is 0 Å². The van der Waals surface area contributed by atoms with Gasteiger partial charge >= 0.3 is 0 Å². The molecule has 3 aromatic rings. The van der Waals surface area contributed by atoms with Gasteiger partial charge in [0.1, 0.15) is 4.64 Å². The van der Waals surface area contributed by atoms with E-state index < -0.39 is 0 Å². The van der Waals surface area contributed by atoms with Crippen molar-refractivity contribution in [2.45, 2.75) is 20.8 Å². The average molecular weight is 294 g/mol. The summed E-state index contributed by atoms with van der Waals surface area (Å²) in [5.41, 5.74) is 7.06. The summed E-state index contributed by atoms with van der Waals surface area (Å²) in [6.07, 6.45) is 0. The van der Waals surface area contributed by atoms with Crippen molar-refractivity contribution >= 4 is 12.2 Å². The number of aryl methyl sites for hydroxylation is 3. The van der Waals surface area contributed by atoms with Gasteiger partial charge in [0.05, 0.1) is 11.4 Å². The molecule has 0 saturated carbocycles. The van der Waals surface area contributed by atoms with Crippen molar-refractivity contribution in [2.24, 2.45) is 0 Å². The number of nitrogens with zero attached hydrogens (tertiary/aromatic N) is 1. The zero-order chi connectivity index (χ0) is 15.0. The summed E-state index contributed by atoms with van der Waals surface area (Å²) in [4.78, 5) is 0. The highest BCUT2D eigenvalue weighted by Gasteiger charge is 2.10. The summed E-state index contributed by atoms with van der Waals surface area (Å²) in [6, 6.07) is 16.6. The maximum absolute atomic E-state index is 5.54. The van der Waals surface area contributed by atoms with E-state index in [9.17, 15) is 0 Å². The third kappa shape index (κ3) is 2.57. The molecule has 0 radical (unpaired) electrons. The number of benzene rings is 2. The Hall–Kier alpha value is -2.13. The lowest BCUT2D eigenvalue weighted by Crippen LogP contribution is -2.03. The molecule has 0 aliphatic heterocycles. The predicted octanol–water partition coefficient (Wildman–Crippen LogP) is 5.13. The summed E-state index contributed by atoms with van der Waals surface area (Å²) in [6.45, 7) is 6.37. The van der Waals surface area contributed by atoms with E-state index in [1.54, 1.807) is 0 Å². The molecule has 2 aromatic carbocycles. The smallest absolute Gasteiger partial charge is 0.128 e. The highest BCUT2D eigenvalue weighted by molar-refractivity contribution is 7.71. The molecule has 0 unspecified atom stereocenters. The molecule has 2 nitrogen and oxygen atoms in total. The molecule has 1 N–H and O–H groups in total. The lowest BCUT2D eigenvalue weighted by atomic mass is 10.1. The van der Waals surface area contributed by atoms with E-state index in [4.69, 9.17) is 12.2 Å². The van der Waals surface area contributed by atoms with Gasteiger partial charge in [-0.25, -0.2) is 4.68 Å². The lowest BCUT2D eigenvalue weighted by molar-refractivity contribution is 0.856. The maximum Gasteiger partial charge on any atom is 0.128 e. The van der Waals surface area contributed by atoms with Crippen LogP contribution in [0.3, 0.4) is 0 Å². The van der Waals surface area contributed by atoms with Crippen molar-refractivity contribution in [1.82, 2.24) is 9.78 Å². The highest BCUT2D eigenvalue weighted by atomic mass is 32.1. The largest absolute Gasteiger partial charge is 0.292 e. The van der Waals surface area contributed by atoms with Gasteiger partial charge in [-0.2, -0.15) is 0 Å². The second-order valence-electron chi connectivity index (χ2n) is 5.46. The third-order valence-corrected chi connectivity index (χ3v) is 3.96. The second-order valence-corrected chi connectivity index (χ2v) is 5.88. The van der Waals surface area contributed by atoms with Crippen LogP contribution in [0.2, 0.25) is 0 Å². The highest BCUT2D eigenvalue weighted by Crippen LogP contribution is 2.24.